The third-order valence-electron chi connectivity index (χ3n) is 7.40. The zero-order valence-corrected chi connectivity index (χ0v) is 21.1. The van der Waals surface area contributed by atoms with Gasteiger partial charge in [0.25, 0.3) is 0 Å². The zero-order valence-electron chi connectivity index (χ0n) is 21.1. The largest absolute Gasteiger partial charge is 0.491 e. The number of benzene rings is 2. The van der Waals surface area contributed by atoms with Crippen LogP contribution in [0.4, 0.5) is 4.39 Å². The van der Waals surface area contributed by atoms with Crippen LogP contribution in [0.1, 0.15) is 76.1 Å². The minimum Gasteiger partial charge on any atom is -0.491 e. The third-order valence-corrected chi connectivity index (χ3v) is 7.40. The molecule has 1 unspecified atom stereocenters. The van der Waals surface area contributed by atoms with Crippen LogP contribution in [-0.4, -0.2) is 26.3 Å². The Labute approximate surface area is 210 Å². The number of ether oxygens (including phenoxy) is 1. The molecule has 6 nitrogen and oxygen atoms in total. The Bertz CT molecular complexity index is 1380. The summed E-state index contributed by atoms with van der Waals surface area (Å²) in [5, 5.41) is 8.52. The maximum absolute atomic E-state index is 14.0. The molecule has 0 saturated heterocycles. The van der Waals surface area contributed by atoms with Crippen LogP contribution in [-0.2, 0) is 0 Å². The molecule has 2 heterocycles. The molecule has 7 heteroatoms. The number of nitrogens with one attached hydrogen (secondary N) is 2. The topological polar surface area (TPSA) is 83.7 Å². The number of aromatic nitrogens is 4. The summed E-state index contributed by atoms with van der Waals surface area (Å²) in [6.45, 7) is 6.22. The van der Waals surface area contributed by atoms with Gasteiger partial charge in [-0.1, -0.05) is 6.92 Å². The summed E-state index contributed by atoms with van der Waals surface area (Å²) in [7, 11) is 0. The van der Waals surface area contributed by atoms with Gasteiger partial charge in [0.05, 0.1) is 6.10 Å². The number of halogens is 1. The summed E-state index contributed by atoms with van der Waals surface area (Å²) in [5.41, 5.74) is 2.49. The molecule has 2 aromatic heterocycles. The fourth-order valence-corrected chi connectivity index (χ4v) is 5.70. The van der Waals surface area contributed by atoms with E-state index < -0.39 is 0 Å². The molecule has 36 heavy (non-hydrogen) atoms. The minimum absolute atomic E-state index is 0.129. The Morgan fingerprint density at radius 1 is 1.06 bits per heavy atom. The molecular weight excluding hydrogens is 455 g/mol. The van der Waals surface area contributed by atoms with Crippen LogP contribution in [0.5, 0.6) is 5.75 Å². The molecular formula is C29H33FN4O2. The van der Waals surface area contributed by atoms with E-state index in [4.69, 9.17) is 9.72 Å². The molecule has 2 N–H and O–H groups in total. The molecule has 1 aliphatic carbocycles. The number of rotatable bonds is 7. The van der Waals surface area contributed by atoms with Crippen LogP contribution in [0, 0.1) is 11.7 Å². The summed E-state index contributed by atoms with van der Waals surface area (Å²) in [5.74, 6) is 3.22. The Morgan fingerprint density at radius 3 is 2.50 bits per heavy atom. The summed E-state index contributed by atoms with van der Waals surface area (Å²) in [4.78, 5) is 19.9. The van der Waals surface area contributed by atoms with Gasteiger partial charge in [-0.3, -0.25) is 9.89 Å². The van der Waals surface area contributed by atoms with Crippen molar-refractivity contribution < 1.29 is 9.13 Å². The molecule has 188 valence electrons. The van der Waals surface area contributed by atoms with Crippen molar-refractivity contribution in [3.8, 4) is 17.1 Å². The van der Waals surface area contributed by atoms with E-state index in [1.165, 1.54) is 6.07 Å². The van der Waals surface area contributed by atoms with Crippen molar-refractivity contribution in [3.63, 3.8) is 0 Å². The van der Waals surface area contributed by atoms with Gasteiger partial charge in [0.1, 0.15) is 17.4 Å². The molecule has 0 radical (unpaired) electrons. The van der Waals surface area contributed by atoms with Gasteiger partial charge in [-0.05, 0) is 106 Å². The highest BCUT2D eigenvalue weighted by molar-refractivity contribution is 5.82. The Morgan fingerprint density at radius 2 is 1.81 bits per heavy atom. The summed E-state index contributed by atoms with van der Waals surface area (Å²) in [6.07, 6.45) is 5.11. The highest BCUT2D eigenvalue weighted by Crippen LogP contribution is 2.43. The lowest BCUT2D eigenvalue weighted by Gasteiger charge is -2.33. The molecule has 0 aliphatic heterocycles. The van der Waals surface area contributed by atoms with Gasteiger partial charge in [-0.15, -0.1) is 0 Å². The van der Waals surface area contributed by atoms with E-state index in [2.05, 4.69) is 22.1 Å². The van der Waals surface area contributed by atoms with Crippen LogP contribution in [0.3, 0.4) is 0 Å². The van der Waals surface area contributed by atoms with Crippen LogP contribution >= 0.6 is 0 Å². The van der Waals surface area contributed by atoms with Crippen molar-refractivity contribution >= 4 is 10.9 Å². The molecule has 1 atom stereocenters. The fraction of sp³-hybridized carbons (Fsp3) is 0.414. The average Bonchev–Trinajstić information content (AvgIpc) is 3.35. The molecule has 0 bridgehead atoms. The monoisotopic (exact) mass is 488 g/mol. The molecule has 5 rings (SSSR count). The highest BCUT2D eigenvalue weighted by Gasteiger charge is 2.31. The van der Waals surface area contributed by atoms with Crippen LogP contribution in [0.2, 0.25) is 0 Å². The van der Waals surface area contributed by atoms with Crippen LogP contribution in [0.15, 0.2) is 53.3 Å². The van der Waals surface area contributed by atoms with Crippen LogP contribution in [0.25, 0.3) is 22.3 Å². The molecule has 2 aromatic carbocycles. The fourth-order valence-electron chi connectivity index (χ4n) is 5.70. The van der Waals surface area contributed by atoms with E-state index in [1.54, 1.807) is 18.2 Å². The summed E-state index contributed by atoms with van der Waals surface area (Å²) < 4.78 is 19.7. The smallest absolute Gasteiger partial charge is 0.248 e. The van der Waals surface area contributed by atoms with E-state index in [-0.39, 0.29) is 23.4 Å². The normalized spacial score (nSPS) is 19.0. The standard InChI is InChI=1S/C29H33FN4O2/c1-4-23(29-32-28(33-34-29)20-9-12-22(13-10-20)36-17(2)3)18-5-7-19(8-6-18)24-16-27(35)31-26-14-11-21(30)15-25(24)26/h9-19,23H,4-8H2,1-3H3,(H,31,35)(H,32,33,34). The molecule has 0 spiro atoms. The Hall–Kier alpha value is -3.48. The number of aromatic amines is 2. The molecule has 1 fully saturated rings. The van der Waals surface area contributed by atoms with E-state index in [1.807, 2.05) is 38.1 Å². The van der Waals surface area contributed by atoms with Gasteiger partial charge in [-0.2, -0.15) is 5.10 Å². The number of nitrogens with zero attached hydrogens (tertiary/aromatic N) is 2. The minimum atomic E-state index is -0.279. The van der Waals surface area contributed by atoms with Crippen LogP contribution < -0.4 is 10.3 Å². The first-order chi connectivity index (χ1) is 17.4. The van der Waals surface area contributed by atoms with E-state index >= 15 is 0 Å². The maximum atomic E-state index is 14.0. The number of hydrogen-bond donors (Lipinski definition) is 2. The van der Waals surface area contributed by atoms with Crippen molar-refractivity contribution in [1.82, 2.24) is 20.2 Å². The second kappa shape index (κ2) is 10.2. The first-order valence-electron chi connectivity index (χ1n) is 12.9. The molecule has 0 amide bonds. The first-order valence-corrected chi connectivity index (χ1v) is 12.9. The molecule has 1 aliphatic rings. The van der Waals surface area contributed by atoms with Gasteiger partial charge < -0.3 is 9.72 Å². The van der Waals surface area contributed by atoms with Crippen molar-refractivity contribution in [2.24, 2.45) is 5.92 Å². The van der Waals surface area contributed by atoms with Gasteiger partial charge in [0.2, 0.25) is 5.56 Å². The zero-order chi connectivity index (χ0) is 25.2. The lowest BCUT2D eigenvalue weighted by atomic mass is 9.72. The summed E-state index contributed by atoms with van der Waals surface area (Å²) >= 11 is 0. The first kappa shape index (κ1) is 24.2. The quantitative estimate of drug-likeness (QED) is 0.303. The van der Waals surface area contributed by atoms with Gasteiger partial charge >= 0.3 is 0 Å². The van der Waals surface area contributed by atoms with E-state index in [0.29, 0.717) is 23.2 Å². The van der Waals surface area contributed by atoms with E-state index in [0.717, 1.165) is 60.2 Å². The predicted octanol–water partition coefficient (Wildman–Crippen LogP) is 6.71. The number of fused-ring (bicyclic) bond motifs is 1. The Kier molecular flexibility index (Phi) is 6.90. The number of H-pyrrole nitrogens is 2. The van der Waals surface area contributed by atoms with Crippen molar-refractivity contribution in [2.75, 3.05) is 0 Å². The second-order valence-electron chi connectivity index (χ2n) is 10.1. The average molecular weight is 489 g/mol. The molecule has 1 saturated carbocycles. The van der Waals surface area contributed by atoms with E-state index in [9.17, 15) is 9.18 Å². The third kappa shape index (κ3) is 5.06. The molecule has 4 aromatic rings. The van der Waals surface area contributed by atoms with Crippen molar-refractivity contribution in [1.29, 1.82) is 0 Å². The van der Waals surface area contributed by atoms with Crippen molar-refractivity contribution in [3.05, 3.63) is 76.1 Å². The van der Waals surface area contributed by atoms with Gasteiger partial charge in [-0.25, -0.2) is 9.37 Å². The van der Waals surface area contributed by atoms with Crippen molar-refractivity contribution in [2.45, 2.75) is 70.8 Å². The lowest BCUT2D eigenvalue weighted by molar-refractivity contribution is 0.242. The summed E-state index contributed by atoms with van der Waals surface area (Å²) in [6, 6.07) is 14.1. The number of hydrogen-bond acceptors (Lipinski definition) is 4. The van der Waals surface area contributed by atoms with Gasteiger partial charge in [0.15, 0.2) is 5.82 Å². The highest BCUT2D eigenvalue weighted by atomic mass is 19.1. The number of pyridine rings is 1. The SMILES string of the molecule is CCC(c1nc(-c2ccc(OC(C)C)cc2)n[nH]1)C1CCC(c2cc(=O)[nH]c3ccc(F)cc23)CC1. The Balaban J connectivity index is 1.30. The predicted molar refractivity (Wildman–Crippen MR) is 140 cm³/mol. The maximum Gasteiger partial charge on any atom is 0.248 e. The lowest BCUT2D eigenvalue weighted by Crippen LogP contribution is -2.21. The second-order valence-corrected chi connectivity index (χ2v) is 10.1. The van der Waals surface area contributed by atoms with Gasteiger partial charge in [0, 0.05) is 28.5 Å².